The van der Waals surface area contributed by atoms with Crippen LogP contribution in [0.5, 0.6) is 5.88 Å². The molecule has 0 unspecified atom stereocenters. The number of pyridine rings is 1. The summed E-state index contributed by atoms with van der Waals surface area (Å²) in [5.74, 6) is -2.55. The highest BCUT2D eigenvalue weighted by atomic mass is 32.2. The Morgan fingerprint density at radius 2 is 1.78 bits per heavy atom. The first-order valence-electron chi connectivity index (χ1n) is 20.2. The van der Waals surface area contributed by atoms with Crippen LogP contribution in [0.15, 0.2) is 42.5 Å². The Bertz CT molecular complexity index is 1960. The van der Waals surface area contributed by atoms with E-state index in [2.05, 4.69) is 19.9 Å². The molecule has 0 bridgehead atoms. The van der Waals surface area contributed by atoms with Gasteiger partial charge in [0.25, 0.3) is 5.91 Å². The van der Waals surface area contributed by atoms with Crippen LogP contribution in [-0.2, 0) is 40.5 Å². The summed E-state index contributed by atoms with van der Waals surface area (Å²) in [6, 6.07) is 8.94. The number of nitrogens with one attached hydrogen (secondary N) is 2. The molecule has 1 aromatic heterocycles. The van der Waals surface area contributed by atoms with Crippen molar-refractivity contribution < 1.29 is 37.1 Å². The quantitative estimate of drug-likeness (QED) is 0.281. The predicted molar refractivity (Wildman–Crippen MR) is 204 cm³/mol. The Kier molecular flexibility index (Phi) is 10.7. The van der Waals surface area contributed by atoms with Gasteiger partial charge in [0.1, 0.15) is 17.7 Å². The molecule has 6 atom stereocenters. The number of rotatable bonds is 9. The van der Waals surface area contributed by atoms with Gasteiger partial charge in [0.2, 0.25) is 27.7 Å². The van der Waals surface area contributed by atoms with E-state index < -0.39 is 44.6 Å². The number of benzene rings is 1. The molecule has 3 saturated carbocycles. The van der Waals surface area contributed by atoms with Crippen LogP contribution in [0.25, 0.3) is 10.9 Å². The fourth-order valence-corrected chi connectivity index (χ4v) is 10.9. The molecule has 6 aliphatic rings. The van der Waals surface area contributed by atoms with Crippen LogP contribution in [0.1, 0.15) is 89.0 Å². The standard InChI is InChI=1S/C41H53N5O8S/c1-53-35-19-27(32-15-9-10-16-34(32)42-35)22-45-23-28-24-46-37(33(28)25-45)38(48)43-41(40(50)44-55(51,52)31-17-18-31)21-29(41)12-6-4-2-3-5-11-26(39(46)49)20-36(47)54-30-13-7-8-14-30/h6,9-10,12,15-16,19,26,28-31,33,37H,2-5,7-8,11,13-14,17-18,20-25H2,1H3,(H,43,48)(H,44,50)/b12-6-/t26-,28-,29+,33-,37-,41+/m0/s1. The Labute approximate surface area is 323 Å². The normalized spacial score (nSPS) is 31.1. The third kappa shape index (κ3) is 7.99. The average Bonchev–Trinajstić information content (AvgIpc) is 3.99. The van der Waals surface area contributed by atoms with E-state index in [9.17, 15) is 27.6 Å². The number of hydrogen-bond acceptors (Lipinski definition) is 10. The van der Waals surface area contributed by atoms with Crippen LogP contribution >= 0.6 is 0 Å². The summed E-state index contributed by atoms with van der Waals surface area (Å²) in [7, 11) is -2.27. The zero-order valence-corrected chi connectivity index (χ0v) is 32.4. The molecule has 3 aliphatic carbocycles. The summed E-state index contributed by atoms with van der Waals surface area (Å²) < 4.78 is 39.5. The Hall–Kier alpha value is -4.04. The minimum Gasteiger partial charge on any atom is -0.481 e. The second-order valence-electron chi connectivity index (χ2n) is 16.7. The number of ether oxygens (including phenoxy) is 2. The average molecular weight is 776 g/mol. The number of hydrogen-bond donors (Lipinski definition) is 2. The fourth-order valence-electron chi connectivity index (χ4n) is 9.56. The molecule has 3 aliphatic heterocycles. The summed E-state index contributed by atoms with van der Waals surface area (Å²) >= 11 is 0. The second-order valence-corrected chi connectivity index (χ2v) is 18.7. The van der Waals surface area contributed by atoms with Crippen molar-refractivity contribution in [3.8, 4) is 5.88 Å². The number of amides is 3. The summed E-state index contributed by atoms with van der Waals surface area (Å²) in [5.41, 5.74) is 0.438. The third-order valence-electron chi connectivity index (χ3n) is 12.8. The Morgan fingerprint density at radius 1 is 1.00 bits per heavy atom. The summed E-state index contributed by atoms with van der Waals surface area (Å²) in [4.78, 5) is 65.2. The lowest BCUT2D eigenvalue weighted by Crippen LogP contribution is -2.58. The highest BCUT2D eigenvalue weighted by Gasteiger charge is 2.63. The molecular formula is C41H53N5O8S. The van der Waals surface area contributed by atoms with Gasteiger partial charge in [0.05, 0.1) is 24.3 Å². The van der Waals surface area contributed by atoms with E-state index in [1.165, 1.54) is 0 Å². The first kappa shape index (κ1) is 37.9. The van der Waals surface area contributed by atoms with Crippen LogP contribution in [0.4, 0.5) is 0 Å². The second kappa shape index (κ2) is 15.5. The summed E-state index contributed by atoms with van der Waals surface area (Å²) in [5, 5.41) is 3.45. The molecule has 1 aromatic carbocycles. The number of carbonyl (C=O) groups excluding carboxylic acids is 4. The molecule has 296 valence electrons. The van der Waals surface area contributed by atoms with E-state index in [1.54, 1.807) is 12.0 Å². The lowest BCUT2D eigenvalue weighted by molar-refractivity contribution is -0.154. The zero-order valence-electron chi connectivity index (χ0n) is 31.6. The molecule has 2 saturated heterocycles. The number of aromatic nitrogens is 1. The van der Waals surface area contributed by atoms with Crippen molar-refractivity contribution in [1.29, 1.82) is 0 Å². The van der Waals surface area contributed by atoms with Crippen LogP contribution in [0.2, 0.25) is 0 Å². The largest absolute Gasteiger partial charge is 0.481 e. The van der Waals surface area contributed by atoms with Crippen LogP contribution in [0.3, 0.4) is 0 Å². The lowest BCUT2D eigenvalue weighted by Gasteiger charge is -2.32. The van der Waals surface area contributed by atoms with Gasteiger partial charge in [-0.05, 0) is 81.8 Å². The maximum absolute atomic E-state index is 14.8. The molecule has 14 heteroatoms. The number of methoxy groups -OCH3 is 1. The topological polar surface area (TPSA) is 164 Å². The van der Waals surface area contributed by atoms with Crippen LogP contribution in [-0.4, -0.2) is 96.6 Å². The van der Waals surface area contributed by atoms with Crippen molar-refractivity contribution in [2.24, 2.45) is 23.7 Å². The van der Waals surface area contributed by atoms with E-state index in [0.717, 1.165) is 67.8 Å². The summed E-state index contributed by atoms with van der Waals surface area (Å²) in [6.07, 6.45) is 12.5. The number of para-hydroxylation sites is 1. The number of nitrogens with zero attached hydrogens (tertiary/aromatic N) is 3. The SMILES string of the molecule is COc1cc(CN2C[C@H]3CN4C(=O)[C@H](CC(=O)OC5CCCC5)CCCCC/C=C\[C@@H]5C[C@@]5(C(=O)NS(=O)(=O)C5CC5)NC(=O)[C@@H]4[C@H]3C2)c2ccccc2n1. The van der Waals surface area contributed by atoms with E-state index in [1.807, 2.05) is 42.5 Å². The van der Waals surface area contributed by atoms with Gasteiger partial charge in [0.15, 0.2) is 0 Å². The molecule has 4 heterocycles. The third-order valence-corrected chi connectivity index (χ3v) is 14.6. The molecule has 5 fully saturated rings. The molecule has 3 amide bonds. The van der Waals surface area contributed by atoms with Crippen LogP contribution in [0, 0.1) is 23.7 Å². The number of allylic oxidation sites excluding steroid dienone is 1. The van der Waals surface area contributed by atoms with E-state index in [4.69, 9.17) is 9.47 Å². The lowest BCUT2D eigenvalue weighted by atomic mass is 9.92. The van der Waals surface area contributed by atoms with E-state index >= 15 is 0 Å². The van der Waals surface area contributed by atoms with Gasteiger partial charge in [0, 0.05) is 55.4 Å². The van der Waals surface area contributed by atoms with Gasteiger partial charge >= 0.3 is 5.97 Å². The number of esters is 1. The minimum atomic E-state index is -3.86. The van der Waals surface area contributed by atoms with Crippen molar-refractivity contribution in [2.75, 3.05) is 26.7 Å². The highest BCUT2D eigenvalue weighted by molar-refractivity contribution is 7.91. The molecule has 55 heavy (non-hydrogen) atoms. The van der Waals surface area contributed by atoms with Crippen molar-refractivity contribution in [1.82, 2.24) is 24.8 Å². The van der Waals surface area contributed by atoms with Crippen molar-refractivity contribution in [3.05, 3.63) is 48.0 Å². The molecule has 0 spiro atoms. The minimum absolute atomic E-state index is 0.0328. The smallest absolute Gasteiger partial charge is 0.306 e. The number of sulfonamides is 1. The van der Waals surface area contributed by atoms with Crippen LogP contribution < -0.4 is 14.8 Å². The van der Waals surface area contributed by atoms with Crippen molar-refractivity contribution in [3.63, 3.8) is 0 Å². The number of fused-ring (bicyclic) bond motifs is 5. The summed E-state index contributed by atoms with van der Waals surface area (Å²) in [6.45, 7) is 2.09. The monoisotopic (exact) mass is 775 g/mol. The van der Waals surface area contributed by atoms with Crippen molar-refractivity contribution in [2.45, 2.75) is 113 Å². The predicted octanol–water partition coefficient (Wildman–Crippen LogP) is 4.00. The molecule has 8 rings (SSSR count). The maximum atomic E-state index is 14.8. The molecule has 2 N–H and O–H groups in total. The molecule has 0 radical (unpaired) electrons. The van der Waals surface area contributed by atoms with Gasteiger partial charge in [-0.15, -0.1) is 0 Å². The van der Waals surface area contributed by atoms with Gasteiger partial charge in [-0.2, -0.15) is 0 Å². The van der Waals surface area contributed by atoms with Crippen molar-refractivity contribution >= 4 is 44.6 Å². The Morgan fingerprint density at radius 3 is 2.56 bits per heavy atom. The fraction of sp³-hybridized carbons (Fsp3) is 0.634. The van der Waals surface area contributed by atoms with Gasteiger partial charge in [-0.25, -0.2) is 13.4 Å². The Balaban J connectivity index is 1.08. The van der Waals surface area contributed by atoms with Gasteiger partial charge in [-0.3, -0.25) is 28.8 Å². The number of likely N-dealkylation sites (tertiary alicyclic amines) is 1. The van der Waals surface area contributed by atoms with Gasteiger partial charge < -0.3 is 19.7 Å². The maximum Gasteiger partial charge on any atom is 0.306 e. The first-order valence-corrected chi connectivity index (χ1v) is 21.8. The first-order chi connectivity index (χ1) is 26.5. The highest BCUT2D eigenvalue weighted by Crippen LogP contribution is 2.47. The molecular weight excluding hydrogens is 723 g/mol. The van der Waals surface area contributed by atoms with E-state index in [0.29, 0.717) is 51.3 Å². The molecule has 2 aromatic rings. The van der Waals surface area contributed by atoms with Gasteiger partial charge in [-0.1, -0.05) is 43.2 Å². The number of carbonyl (C=O) groups is 4. The molecule has 13 nitrogen and oxygen atoms in total. The van der Waals surface area contributed by atoms with E-state index in [-0.39, 0.29) is 48.6 Å². The zero-order chi connectivity index (χ0) is 38.3.